The molecule has 1 aromatic carbocycles. The zero-order valence-electron chi connectivity index (χ0n) is 10.6. The van der Waals surface area contributed by atoms with Crippen molar-refractivity contribution >= 4 is 17.5 Å². The minimum atomic E-state index is -0.563. The fraction of sp³-hybridized carbons (Fsp3) is 0.167. The molecule has 0 fully saturated rings. The molecule has 0 atom stereocenters. The van der Waals surface area contributed by atoms with E-state index < -0.39 is 4.92 Å². The summed E-state index contributed by atoms with van der Waals surface area (Å²) in [6.45, 7) is 0.293. The smallest absolute Gasteiger partial charge is 0.329 e. The van der Waals surface area contributed by atoms with Crippen LogP contribution in [0.2, 0.25) is 0 Å². The Morgan fingerprint density at radius 2 is 2.05 bits per heavy atom. The molecule has 0 bridgehead atoms. The van der Waals surface area contributed by atoms with Crippen LogP contribution in [0.4, 0.5) is 21.8 Å². The van der Waals surface area contributed by atoms with Crippen molar-refractivity contribution < 1.29 is 9.31 Å². The van der Waals surface area contributed by atoms with E-state index in [0.717, 1.165) is 11.8 Å². The summed E-state index contributed by atoms with van der Waals surface area (Å²) in [6.07, 6.45) is 1.13. The van der Waals surface area contributed by atoms with Gasteiger partial charge in [0, 0.05) is 13.6 Å². The van der Waals surface area contributed by atoms with Crippen molar-refractivity contribution in [1.29, 1.82) is 0 Å². The fourth-order valence-corrected chi connectivity index (χ4v) is 1.55. The molecule has 0 aliphatic heterocycles. The number of rotatable bonds is 5. The van der Waals surface area contributed by atoms with E-state index in [0.29, 0.717) is 6.54 Å². The molecule has 7 nitrogen and oxygen atoms in total. The predicted octanol–water partition coefficient (Wildman–Crippen LogP) is 2.18. The van der Waals surface area contributed by atoms with Gasteiger partial charge in [-0.15, -0.1) is 0 Å². The van der Waals surface area contributed by atoms with Gasteiger partial charge < -0.3 is 10.6 Å². The number of halogens is 1. The second-order valence-electron chi connectivity index (χ2n) is 3.91. The van der Waals surface area contributed by atoms with Gasteiger partial charge in [-0.05, 0) is 17.7 Å². The Hall–Kier alpha value is -2.77. The Balaban J connectivity index is 2.18. The van der Waals surface area contributed by atoms with Crippen LogP contribution in [0.3, 0.4) is 0 Å². The van der Waals surface area contributed by atoms with Crippen LogP contribution in [0, 0.1) is 15.9 Å². The quantitative estimate of drug-likeness (QED) is 0.642. The molecule has 2 N–H and O–H groups in total. The standard InChI is InChI=1S/C12H12FN5O2/c1-14-12-16-7-10(18(19)20)11(17-12)15-6-8-2-4-9(13)5-3-8/h2-5,7H,6H2,1H3,(H2,14,15,16,17). The normalized spacial score (nSPS) is 10.1. The van der Waals surface area contributed by atoms with E-state index in [1.165, 1.54) is 12.1 Å². The number of benzene rings is 1. The minimum absolute atomic E-state index is 0.110. The van der Waals surface area contributed by atoms with Crippen LogP contribution in [0.25, 0.3) is 0 Å². The number of anilines is 2. The van der Waals surface area contributed by atoms with Gasteiger partial charge >= 0.3 is 5.69 Å². The first-order valence-corrected chi connectivity index (χ1v) is 5.77. The maximum Gasteiger partial charge on any atom is 0.329 e. The molecular weight excluding hydrogens is 265 g/mol. The molecule has 2 aromatic rings. The molecule has 0 amide bonds. The van der Waals surface area contributed by atoms with Crippen molar-refractivity contribution in [1.82, 2.24) is 9.97 Å². The maximum atomic E-state index is 12.8. The van der Waals surface area contributed by atoms with Gasteiger partial charge in [-0.25, -0.2) is 9.37 Å². The van der Waals surface area contributed by atoms with E-state index in [1.54, 1.807) is 19.2 Å². The predicted molar refractivity (Wildman–Crippen MR) is 72.0 cm³/mol. The first-order valence-electron chi connectivity index (χ1n) is 5.77. The van der Waals surface area contributed by atoms with Crippen molar-refractivity contribution in [3.63, 3.8) is 0 Å². The summed E-state index contributed by atoms with van der Waals surface area (Å²) in [6, 6.07) is 5.83. The SMILES string of the molecule is CNc1ncc([N+](=O)[O-])c(NCc2ccc(F)cc2)n1. The molecule has 0 saturated carbocycles. The first kappa shape index (κ1) is 13.7. The summed E-state index contributed by atoms with van der Waals surface area (Å²) in [4.78, 5) is 18.1. The van der Waals surface area contributed by atoms with Gasteiger partial charge in [0.2, 0.25) is 11.8 Å². The highest BCUT2D eigenvalue weighted by atomic mass is 19.1. The van der Waals surface area contributed by atoms with Crippen LogP contribution in [-0.4, -0.2) is 21.9 Å². The summed E-state index contributed by atoms with van der Waals surface area (Å²) in [5.74, 6) is 0.0510. The topological polar surface area (TPSA) is 93.0 Å². The van der Waals surface area contributed by atoms with Gasteiger partial charge in [-0.3, -0.25) is 10.1 Å². The molecule has 0 saturated heterocycles. The van der Waals surface area contributed by atoms with E-state index in [2.05, 4.69) is 20.6 Å². The maximum absolute atomic E-state index is 12.8. The zero-order chi connectivity index (χ0) is 14.5. The molecule has 0 unspecified atom stereocenters. The molecule has 0 radical (unpaired) electrons. The second kappa shape index (κ2) is 5.91. The second-order valence-corrected chi connectivity index (χ2v) is 3.91. The molecule has 0 spiro atoms. The van der Waals surface area contributed by atoms with Crippen LogP contribution in [0.1, 0.15) is 5.56 Å². The summed E-state index contributed by atoms with van der Waals surface area (Å²) in [7, 11) is 1.62. The first-order chi connectivity index (χ1) is 9.60. The lowest BCUT2D eigenvalue weighted by Gasteiger charge is -2.07. The van der Waals surface area contributed by atoms with Gasteiger partial charge in [0.1, 0.15) is 12.0 Å². The van der Waals surface area contributed by atoms with Gasteiger partial charge in [0.05, 0.1) is 4.92 Å². The zero-order valence-corrected chi connectivity index (χ0v) is 10.6. The molecule has 0 aliphatic rings. The van der Waals surface area contributed by atoms with Crippen molar-refractivity contribution in [2.75, 3.05) is 17.7 Å². The average Bonchev–Trinajstić information content (AvgIpc) is 2.46. The van der Waals surface area contributed by atoms with Crippen molar-refractivity contribution in [2.45, 2.75) is 6.54 Å². The lowest BCUT2D eigenvalue weighted by molar-refractivity contribution is -0.384. The highest BCUT2D eigenvalue weighted by molar-refractivity contribution is 5.57. The van der Waals surface area contributed by atoms with Crippen LogP contribution >= 0.6 is 0 Å². The van der Waals surface area contributed by atoms with Crippen LogP contribution in [-0.2, 0) is 6.54 Å². The van der Waals surface area contributed by atoms with E-state index in [1.807, 2.05) is 0 Å². The van der Waals surface area contributed by atoms with Crippen molar-refractivity contribution in [2.24, 2.45) is 0 Å². The fourth-order valence-electron chi connectivity index (χ4n) is 1.55. The minimum Gasteiger partial charge on any atom is -0.360 e. The Bertz CT molecular complexity index is 618. The van der Waals surface area contributed by atoms with Crippen molar-refractivity contribution in [3.05, 3.63) is 52.0 Å². The number of hydrogen-bond donors (Lipinski definition) is 2. The van der Waals surface area contributed by atoms with E-state index in [9.17, 15) is 14.5 Å². The number of nitro groups is 1. The molecule has 104 valence electrons. The number of aromatic nitrogens is 2. The van der Waals surface area contributed by atoms with E-state index >= 15 is 0 Å². The highest BCUT2D eigenvalue weighted by Crippen LogP contribution is 2.22. The summed E-state index contributed by atoms with van der Waals surface area (Å²) < 4.78 is 12.8. The summed E-state index contributed by atoms with van der Waals surface area (Å²) in [5.41, 5.74) is 0.566. The third-order valence-electron chi connectivity index (χ3n) is 2.56. The number of nitrogens with zero attached hydrogens (tertiary/aromatic N) is 3. The van der Waals surface area contributed by atoms with Gasteiger partial charge in [-0.1, -0.05) is 12.1 Å². The third kappa shape index (κ3) is 3.16. The Morgan fingerprint density at radius 1 is 1.35 bits per heavy atom. The number of hydrogen-bond acceptors (Lipinski definition) is 6. The Morgan fingerprint density at radius 3 is 2.65 bits per heavy atom. The van der Waals surface area contributed by atoms with Crippen LogP contribution in [0.5, 0.6) is 0 Å². The van der Waals surface area contributed by atoms with Crippen LogP contribution < -0.4 is 10.6 Å². The molecule has 1 heterocycles. The average molecular weight is 277 g/mol. The molecule has 0 aliphatic carbocycles. The molecule has 1 aromatic heterocycles. The lowest BCUT2D eigenvalue weighted by atomic mass is 10.2. The third-order valence-corrected chi connectivity index (χ3v) is 2.56. The van der Waals surface area contributed by atoms with Gasteiger partial charge in [0.25, 0.3) is 0 Å². The molecule has 20 heavy (non-hydrogen) atoms. The van der Waals surface area contributed by atoms with Crippen LogP contribution in [0.15, 0.2) is 30.5 Å². The van der Waals surface area contributed by atoms with Gasteiger partial charge in [0.15, 0.2) is 0 Å². The Kier molecular flexibility index (Phi) is 4.04. The van der Waals surface area contributed by atoms with E-state index in [4.69, 9.17) is 0 Å². The van der Waals surface area contributed by atoms with Crippen molar-refractivity contribution in [3.8, 4) is 0 Å². The largest absolute Gasteiger partial charge is 0.360 e. The molecule has 8 heteroatoms. The number of nitrogens with one attached hydrogen (secondary N) is 2. The lowest BCUT2D eigenvalue weighted by Crippen LogP contribution is -2.07. The monoisotopic (exact) mass is 277 g/mol. The molecule has 2 rings (SSSR count). The summed E-state index contributed by atoms with van der Waals surface area (Å²) >= 11 is 0. The molecular formula is C12H12FN5O2. The van der Waals surface area contributed by atoms with Gasteiger partial charge in [-0.2, -0.15) is 4.98 Å². The Labute approximate surface area is 114 Å². The summed E-state index contributed by atoms with van der Waals surface area (Å²) in [5, 5.41) is 16.4. The van der Waals surface area contributed by atoms with E-state index in [-0.39, 0.29) is 23.3 Å². The highest BCUT2D eigenvalue weighted by Gasteiger charge is 2.16.